The Morgan fingerprint density at radius 3 is 2.71 bits per heavy atom. The summed E-state index contributed by atoms with van der Waals surface area (Å²) in [6, 6.07) is 2.47. The van der Waals surface area contributed by atoms with Gasteiger partial charge in [-0.25, -0.2) is 9.18 Å². The van der Waals surface area contributed by atoms with Crippen LogP contribution in [-0.4, -0.2) is 23.0 Å². The fraction of sp³-hybridized carbons (Fsp3) is 0.273. The van der Waals surface area contributed by atoms with Crippen molar-refractivity contribution in [2.45, 2.75) is 19.4 Å². The number of amides is 1. The lowest BCUT2D eigenvalue weighted by molar-refractivity contribution is -0.139. The molecule has 6 heteroatoms. The molecule has 1 atom stereocenters. The van der Waals surface area contributed by atoms with E-state index in [2.05, 4.69) is 5.32 Å². The zero-order valence-electron chi connectivity index (χ0n) is 9.04. The van der Waals surface area contributed by atoms with E-state index in [0.29, 0.717) is 0 Å². The Balaban J connectivity index is 2.89. The van der Waals surface area contributed by atoms with Crippen LogP contribution in [-0.2, 0) is 4.79 Å². The molecule has 0 radical (unpaired) electrons. The minimum atomic E-state index is -1.16. The highest BCUT2D eigenvalue weighted by Crippen LogP contribution is 2.15. The van der Waals surface area contributed by atoms with E-state index in [1.54, 1.807) is 6.92 Å². The van der Waals surface area contributed by atoms with Gasteiger partial charge >= 0.3 is 5.97 Å². The summed E-state index contributed by atoms with van der Waals surface area (Å²) in [5, 5.41) is 11.2. The van der Waals surface area contributed by atoms with Gasteiger partial charge in [-0.15, -0.1) is 0 Å². The molecule has 0 saturated carbocycles. The lowest BCUT2D eigenvalue weighted by Crippen LogP contribution is -2.40. The maximum absolute atomic E-state index is 13.3. The van der Waals surface area contributed by atoms with Crippen LogP contribution in [0.15, 0.2) is 18.2 Å². The average molecular weight is 260 g/mol. The number of carboxylic acids is 1. The van der Waals surface area contributed by atoms with E-state index in [0.717, 1.165) is 12.1 Å². The van der Waals surface area contributed by atoms with Crippen molar-refractivity contribution in [3.05, 3.63) is 34.6 Å². The normalized spacial score (nSPS) is 11.9. The average Bonchev–Trinajstić information content (AvgIpc) is 2.28. The third kappa shape index (κ3) is 3.42. The predicted octanol–water partition coefficient (Wildman–Crippen LogP) is 2.07. The van der Waals surface area contributed by atoms with Crippen molar-refractivity contribution in [1.29, 1.82) is 0 Å². The Hall–Kier alpha value is -1.62. The summed E-state index contributed by atoms with van der Waals surface area (Å²) in [6.45, 7) is 1.60. The molecule has 17 heavy (non-hydrogen) atoms. The van der Waals surface area contributed by atoms with Crippen LogP contribution >= 0.6 is 11.6 Å². The van der Waals surface area contributed by atoms with Crippen LogP contribution in [0.2, 0.25) is 5.02 Å². The number of hydrogen-bond donors (Lipinski definition) is 2. The summed E-state index contributed by atoms with van der Waals surface area (Å²) in [5.74, 6) is -2.70. The maximum atomic E-state index is 13.3. The molecule has 0 heterocycles. The van der Waals surface area contributed by atoms with Gasteiger partial charge in [0.1, 0.15) is 11.9 Å². The smallest absolute Gasteiger partial charge is 0.326 e. The van der Waals surface area contributed by atoms with Gasteiger partial charge in [0.05, 0.1) is 5.56 Å². The second kappa shape index (κ2) is 5.63. The summed E-state index contributed by atoms with van der Waals surface area (Å²) >= 11 is 5.63. The molecule has 92 valence electrons. The SMILES string of the molecule is CC[C@@H](NC(=O)c1cc(Cl)ccc1F)C(=O)O. The van der Waals surface area contributed by atoms with Crippen molar-refractivity contribution in [3.8, 4) is 0 Å². The number of benzene rings is 1. The van der Waals surface area contributed by atoms with Crippen molar-refractivity contribution in [1.82, 2.24) is 5.32 Å². The van der Waals surface area contributed by atoms with Crippen molar-refractivity contribution in [2.24, 2.45) is 0 Å². The molecule has 1 amide bonds. The highest BCUT2D eigenvalue weighted by atomic mass is 35.5. The molecule has 0 aliphatic carbocycles. The Morgan fingerprint density at radius 1 is 1.53 bits per heavy atom. The molecule has 1 aromatic carbocycles. The van der Waals surface area contributed by atoms with Crippen LogP contribution in [0.4, 0.5) is 4.39 Å². The molecular weight excluding hydrogens is 249 g/mol. The first-order chi connectivity index (χ1) is 7.95. The third-order valence-corrected chi connectivity index (χ3v) is 2.42. The second-order valence-corrected chi connectivity index (χ2v) is 3.83. The van der Waals surface area contributed by atoms with Crippen LogP contribution in [0.1, 0.15) is 23.7 Å². The van der Waals surface area contributed by atoms with Crippen molar-refractivity contribution in [2.75, 3.05) is 0 Å². The fourth-order valence-electron chi connectivity index (χ4n) is 1.25. The number of carbonyl (C=O) groups excluding carboxylic acids is 1. The lowest BCUT2D eigenvalue weighted by Gasteiger charge is -2.12. The lowest BCUT2D eigenvalue weighted by atomic mass is 10.1. The fourth-order valence-corrected chi connectivity index (χ4v) is 1.42. The zero-order chi connectivity index (χ0) is 13.0. The van der Waals surface area contributed by atoms with Gasteiger partial charge in [-0.1, -0.05) is 18.5 Å². The van der Waals surface area contributed by atoms with Gasteiger partial charge in [0.25, 0.3) is 5.91 Å². The molecule has 0 aliphatic heterocycles. The monoisotopic (exact) mass is 259 g/mol. The number of halogens is 2. The molecule has 0 saturated heterocycles. The van der Waals surface area contributed by atoms with Crippen LogP contribution < -0.4 is 5.32 Å². The molecule has 1 aromatic rings. The van der Waals surface area contributed by atoms with E-state index < -0.39 is 23.7 Å². The molecule has 0 unspecified atom stereocenters. The highest BCUT2D eigenvalue weighted by Gasteiger charge is 2.20. The zero-order valence-corrected chi connectivity index (χ0v) is 9.79. The Bertz CT molecular complexity index is 450. The van der Waals surface area contributed by atoms with E-state index >= 15 is 0 Å². The van der Waals surface area contributed by atoms with Crippen molar-refractivity contribution >= 4 is 23.5 Å². The molecule has 0 fully saturated rings. The largest absolute Gasteiger partial charge is 0.480 e. The Labute approximate surface area is 102 Å². The summed E-state index contributed by atoms with van der Waals surface area (Å²) < 4.78 is 13.3. The molecule has 2 N–H and O–H groups in total. The molecule has 1 rings (SSSR count). The maximum Gasteiger partial charge on any atom is 0.326 e. The first kappa shape index (κ1) is 13.4. The summed E-state index contributed by atoms with van der Waals surface area (Å²) in [7, 11) is 0. The number of rotatable bonds is 4. The molecule has 4 nitrogen and oxygen atoms in total. The molecular formula is C11H11ClFNO3. The molecule has 0 bridgehead atoms. The second-order valence-electron chi connectivity index (χ2n) is 3.40. The molecule has 0 aromatic heterocycles. The van der Waals surface area contributed by atoms with Gasteiger partial charge < -0.3 is 10.4 Å². The Kier molecular flexibility index (Phi) is 4.45. The first-order valence-corrected chi connectivity index (χ1v) is 5.32. The van der Waals surface area contributed by atoms with Gasteiger partial charge in [0.2, 0.25) is 0 Å². The van der Waals surface area contributed by atoms with E-state index in [1.807, 2.05) is 0 Å². The highest BCUT2D eigenvalue weighted by molar-refractivity contribution is 6.31. The number of carboxylic acid groups (broad SMARTS) is 1. The van der Waals surface area contributed by atoms with Crippen LogP contribution in [0.25, 0.3) is 0 Å². The summed E-state index contributed by atoms with van der Waals surface area (Å²) in [4.78, 5) is 22.3. The van der Waals surface area contributed by atoms with Crippen LogP contribution in [0.3, 0.4) is 0 Å². The van der Waals surface area contributed by atoms with Crippen molar-refractivity contribution in [3.63, 3.8) is 0 Å². The molecule has 0 aliphatic rings. The van der Waals surface area contributed by atoms with Gasteiger partial charge in [0.15, 0.2) is 0 Å². The topological polar surface area (TPSA) is 66.4 Å². The number of carbonyl (C=O) groups is 2. The summed E-state index contributed by atoms with van der Waals surface area (Å²) in [6.07, 6.45) is 0.212. The van der Waals surface area contributed by atoms with E-state index in [9.17, 15) is 14.0 Å². The summed E-state index contributed by atoms with van der Waals surface area (Å²) in [5.41, 5.74) is -0.266. The van der Waals surface area contributed by atoms with Gasteiger partial charge in [-0.05, 0) is 24.6 Å². The molecule has 0 spiro atoms. The van der Waals surface area contributed by atoms with Crippen LogP contribution in [0.5, 0.6) is 0 Å². The third-order valence-electron chi connectivity index (χ3n) is 2.18. The van der Waals surface area contributed by atoms with Crippen molar-refractivity contribution < 1.29 is 19.1 Å². The Morgan fingerprint density at radius 2 is 2.18 bits per heavy atom. The minimum absolute atomic E-state index is 0.208. The van der Waals surface area contributed by atoms with Crippen LogP contribution in [0, 0.1) is 5.82 Å². The predicted molar refractivity (Wildman–Crippen MR) is 60.6 cm³/mol. The number of aliphatic carboxylic acids is 1. The quantitative estimate of drug-likeness (QED) is 0.870. The first-order valence-electron chi connectivity index (χ1n) is 4.94. The van der Waals surface area contributed by atoms with E-state index in [1.165, 1.54) is 6.07 Å². The van der Waals surface area contributed by atoms with E-state index in [-0.39, 0.29) is 17.0 Å². The minimum Gasteiger partial charge on any atom is -0.480 e. The van der Waals surface area contributed by atoms with E-state index in [4.69, 9.17) is 16.7 Å². The van der Waals surface area contributed by atoms with Gasteiger partial charge in [0, 0.05) is 5.02 Å². The van der Waals surface area contributed by atoms with Gasteiger partial charge in [-0.3, -0.25) is 4.79 Å². The van der Waals surface area contributed by atoms with Gasteiger partial charge in [-0.2, -0.15) is 0 Å². The standard InChI is InChI=1S/C11H11ClFNO3/c1-2-9(11(16)17)14-10(15)7-5-6(12)3-4-8(7)13/h3-5,9H,2H2,1H3,(H,14,15)(H,16,17)/t9-/m1/s1. The number of hydrogen-bond acceptors (Lipinski definition) is 2. The number of nitrogens with one attached hydrogen (secondary N) is 1.